The number of H-pyrrole nitrogens is 1. The minimum absolute atomic E-state index is 0.0296. The van der Waals surface area contributed by atoms with Gasteiger partial charge in [-0.2, -0.15) is 0 Å². The number of aromatic nitrogens is 3. The Labute approximate surface area is 382 Å². The van der Waals surface area contributed by atoms with Crippen LogP contribution >= 0.6 is 11.3 Å². The van der Waals surface area contributed by atoms with E-state index in [0.717, 1.165) is 98.7 Å². The van der Waals surface area contributed by atoms with E-state index in [1.165, 1.54) is 30.6 Å². The van der Waals surface area contributed by atoms with Crippen molar-refractivity contribution in [3.05, 3.63) is 119 Å². The molecule has 16 heteroatoms. The van der Waals surface area contributed by atoms with E-state index < -0.39 is 5.82 Å². The molecule has 8 rings (SSSR count). The third-order valence-corrected chi connectivity index (χ3v) is 13.1. The number of hydrogen-bond acceptors (Lipinski definition) is 10. The van der Waals surface area contributed by atoms with Gasteiger partial charge in [0.15, 0.2) is 11.6 Å². The maximum absolute atomic E-state index is 13.9. The quantitative estimate of drug-likeness (QED) is 0.0839. The zero-order valence-corrected chi connectivity index (χ0v) is 37.8. The van der Waals surface area contributed by atoms with E-state index in [0.29, 0.717) is 59.5 Å². The van der Waals surface area contributed by atoms with Gasteiger partial charge in [-0.15, -0.1) is 11.3 Å². The first-order valence-corrected chi connectivity index (χ1v) is 23.1. The van der Waals surface area contributed by atoms with Gasteiger partial charge in [0.25, 0.3) is 23.6 Å². The number of hydrogen-bond donors (Lipinski definition) is 3. The van der Waals surface area contributed by atoms with Crippen molar-refractivity contribution in [2.75, 3.05) is 73.1 Å². The summed E-state index contributed by atoms with van der Waals surface area (Å²) in [6.07, 6.45) is 13.8. The van der Waals surface area contributed by atoms with Crippen LogP contribution in [0.2, 0.25) is 0 Å². The van der Waals surface area contributed by atoms with Crippen molar-refractivity contribution in [3.8, 4) is 11.5 Å². The van der Waals surface area contributed by atoms with Crippen molar-refractivity contribution in [1.82, 2.24) is 40.3 Å². The normalized spacial score (nSPS) is 14.4. The van der Waals surface area contributed by atoms with Crippen LogP contribution < -0.4 is 20.1 Å². The molecule has 2 aliphatic rings. The number of amides is 4. The summed E-state index contributed by atoms with van der Waals surface area (Å²) in [5.41, 5.74) is 2.50. The lowest BCUT2D eigenvalue weighted by atomic mass is 9.91. The van der Waals surface area contributed by atoms with Gasteiger partial charge in [-0.25, -0.2) is 4.39 Å². The summed E-state index contributed by atoms with van der Waals surface area (Å²) in [7, 11) is 3.01. The first kappa shape index (κ1) is 46.6. The summed E-state index contributed by atoms with van der Waals surface area (Å²) < 4.78 is 25.1. The van der Waals surface area contributed by atoms with Gasteiger partial charge in [-0.05, 0) is 111 Å². The molecule has 0 radical (unpaired) electrons. The molecular weight excluding hydrogens is 848 g/mol. The summed E-state index contributed by atoms with van der Waals surface area (Å²) in [6, 6.07) is 19.2. The maximum atomic E-state index is 13.9. The third-order valence-electron chi connectivity index (χ3n) is 12.0. The first-order chi connectivity index (χ1) is 31.7. The van der Waals surface area contributed by atoms with Crippen molar-refractivity contribution in [2.45, 2.75) is 44.9 Å². The maximum Gasteiger partial charge on any atom is 0.267 e. The number of aromatic amines is 1. The van der Waals surface area contributed by atoms with E-state index in [4.69, 9.17) is 9.47 Å². The molecule has 0 saturated carbocycles. The van der Waals surface area contributed by atoms with Crippen LogP contribution in [0.4, 0.5) is 4.39 Å². The molecule has 342 valence electrons. The van der Waals surface area contributed by atoms with E-state index in [-0.39, 0.29) is 29.4 Å². The molecule has 2 aliphatic heterocycles. The highest BCUT2D eigenvalue weighted by Gasteiger charge is 2.25. The monoisotopic (exact) mass is 904 g/mol. The number of rotatable bonds is 16. The fraction of sp³-hybridized carbons (Fsp3) is 0.388. The second-order valence-corrected chi connectivity index (χ2v) is 17.4. The van der Waals surface area contributed by atoms with Crippen molar-refractivity contribution < 1.29 is 33.0 Å². The number of thiophene rings is 1. The Morgan fingerprint density at radius 2 is 1.45 bits per heavy atom. The van der Waals surface area contributed by atoms with Gasteiger partial charge in [-0.1, -0.05) is 18.9 Å². The molecule has 65 heavy (non-hydrogen) atoms. The highest BCUT2D eigenvalue weighted by atomic mass is 32.1. The van der Waals surface area contributed by atoms with Crippen molar-refractivity contribution in [2.24, 2.45) is 5.92 Å². The van der Waals surface area contributed by atoms with Crippen LogP contribution in [0.5, 0.6) is 11.5 Å². The zero-order chi connectivity index (χ0) is 45.5. The molecule has 0 bridgehead atoms. The third kappa shape index (κ3) is 12.7. The molecule has 14 nitrogen and oxygen atoms in total. The number of ether oxygens (including phenoxy) is 2. The Bertz CT molecular complexity index is 2480. The molecule has 0 atom stereocenters. The summed E-state index contributed by atoms with van der Waals surface area (Å²) in [6.45, 7) is 6.82. The van der Waals surface area contributed by atoms with Gasteiger partial charge >= 0.3 is 0 Å². The molecule has 2 fully saturated rings. The van der Waals surface area contributed by atoms with Crippen LogP contribution in [0.1, 0.15) is 85.8 Å². The number of nitrogens with zero attached hydrogens (tertiary/aromatic N) is 5. The van der Waals surface area contributed by atoms with Crippen LogP contribution in [0.15, 0.2) is 91.5 Å². The summed E-state index contributed by atoms with van der Waals surface area (Å²) in [5, 5.41) is 7.96. The lowest BCUT2D eigenvalue weighted by Gasteiger charge is -2.34. The van der Waals surface area contributed by atoms with Gasteiger partial charge in [0.2, 0.25) is 0 Å². The number of halogens is 1. The molecule has 0 unspecified atom stereocenters. The standard InChI is InChI=1S/C25H28FN3O3S.C24H29N5O3/c1-32-21-6-5-19(14-20(21)26)25(31)29-12-8-17(9-13-29)4-2-3-10-28-24(30)22-15-18-7-11-27-16-23(18)33-22;1-32-20-6-4-5-18(15-20)24(31)29-13-11-28(12-14-29)10-3-2-8-26-23(30)22-16-19-17-25-9-7-21(19)27-22/h5-7,11,14-17H,2-4,8-10,12-13H2,1H3,(H,28,30);4-7,9,15-17,27H,2-3,8,10-14H2,1H3,(H,26,30). The van der Waals surface area contributed by atoms with Crippen molar-refractivity contribution >= 4 is 56.0 Å². The number of carbonyl (C=O) groups excluding carboxylic acids is 4. The van der Waals surface area contributed by atoms with Gasteiger partial charge in [0, 0.05) is 99.2 Å². The Hall–Kier alpha value is -6.39. The van der Waals surface area contributed by atoms with E-state index >= 15 is 0 Å². The minimum atomic E-state index is -0.519. The number of methoxy groups -OCH3 is 2. The van der Waals surface area contributed by atoms with Crippen LogP contribution in [0.25, 0.3) is 21.0 Å². The summed E-state index contributed by atoms with van der Waals surface area (Å²) in [5.74, 6) is 0.699. The number of fused-ring (bicyclic) bond motifs is 2. The second kappa shape index (κ2) is 23.0. The number of benzene rings is 2. The number of piperazine rings is 1. The highest BCUT2D eigenvalue weighted by molar-refractivity contribution is 7.20. The summed E-state index contributed by atoms with van der Waals surface area (Å²) >= 11 is 1.46. The van der Waals surface area contributed by atoms with Crippen LogP contribution in [-0.2, 0) is 0 Å². The number of unbranched alkanes of at least 4 members (excludes halogenated alkanes) is 2. The molecular formula is C49H57FN8O6S. The van der Waals surface area contributed by atoms with E-state index in [1.54, 1.807) is 48.9 Å². The van der Waals surface area contributed by atoms with Crippen LogP contribution in [-0.4, -0.2) is 126 Å². The number of likely N-dealkylation sites (tertiary alicyclic amines) is 1. The van der Waals surface area contributed by atoms with Crippen molar-refractivity contribution in [3.63, 3.8) is 0 Å². The highest BCUT2D eigenvalue weighted by Crippen LogP contribution is 2.27. The Kier molecular flexibility index (Phi) is 16.5. The van der Waals surface area contributed by atoms with Gasteiger partial charge < -0.3 is 34.9 Å². The average molecular weight is 905 g/mol. The first-order valence-electron chi connectivity index (χ1n) is 22.3. The lowest BCUT2D eigenvalue weighted by molar-refractivity contribution is 0.0634. The second-order valence-electron chi connectivity index (χ2n) is 16.3. The van der Waals surface area contributed by atoms with E-state index in [2.05, 4.69) is 30.5 Å². The molecule has 4 aromatic heterocycles. The minimum Gasteiger partial charge on any atom is -0.497 e. The largest absolute Gasteiger partial charge is 0.497 e. The molecule has 3 N–H and O–H groups in total. The summed E-state index contributed by atoms with van der Waals surface area (Å²) in [4.78, 5) is 68.2. The number of carbonyl (C=O) groups is 4. The van der Waals surface area contributed by atoms with Crippen LogP contribution in [0, 0.1) is 11.7 Å². The van der Waals surface area contributed by atoms with E-state index in [1.807, 2.05) is 47.4 Å². The molecule has 0 aliphatic carbocycles. The molecule has 4 amide bonds. The number of piperidine rings is 1. The van der Waals surface area contributed by atoms with Crippen molar-refractivity contribution in [1.29, 1.82) is 0 Å². The smallest absolute Gasteiger partial charge is 0.267 e. The fourth-order valence-electron chi connectivity index (χ4n) is 8.22. The molecule has 0 spiro atoms. The van der Waals surface area contributed by atoms with Crippen LogP contribution in [0.3, 0.4) is 0 Å². The van der Waals surface area contributed by atoms with Gasteiger partial charge in [-0.3, -0.25) is 34.0 Å². The Morgan fingerprint density at radius 3 is 2.17 bits per heavy atom. The fourth-order valence-corrected chi connectivity index (χ4v) is 9.16. The molecule has 2 aromatic carbocycles. The zero-order valence-electron chi connectivity index (χ0n) is 37.0. The Morgan fingerprint density at radius 1 is 0.738 bits per heavy atom. The van der Waals surface area contributed by atoms with Gasteiger partial charge in [0.1, 0.15) is 11.4 Å². The molecule has 6 heterocycles. The van der Waals surface area contributed by atoms with E-state index in [9.17, 15) is 23.6 Å². The van der Waals surface area contributed by atoms with Gasteiger partial charge in [0.05, 0.1) is 23.8 Å². The lowest BCUT2D eigenvalue weighted by Crippen LogP contribution is -2.48. The SMILES string of the molecule is COc1ccc(C(=O)N2CCC(CCCCNC(=O)c3cc4ccncc4s3)CC2)cc1F.COc1cccc(C(=O)N2CCN(CCCCNC(=O)c3cc4cnccc4[nH]3)CC2)c1. The number of nitrogens with one attached hydrogen (secondary N) is 3. The predicted octanol–water partition coefficient (Wildman–Crippen LogP) is 7.44. The topological polar surface area (TPSA) is 162 Å². The predicted molar refractivity (Wildman–Crippen MR) is 250 cm³/mol. The molecule has 6 aromatic rings. The Balaban J connectivity index is 0.000000194. The average Bonchev–Trinajstić information content (AvgIpc) is 3.99. The molecule has 2 saturated heterocycles. The number of pyridine rings is 2.